The Balaban J connectivity index is 0.808. The van der Waals surface area contributed by atoms with Gasteiger partial charge in [-0.1, -0.05) is 12.2 Å². The molecule has 2 fully saturated rings. The average Bonchev–Trinajstić information content (AvgIpc) is 4.25. The fraction of sp³-hybridized carbons (Fsp3) is 0.364. The molecule has 16 nitrogen and oxygen atoms in total. The predicted molar refractivity (Wildman–Crippen MR) is 217 cm³/mol. The lowest BCUT2D eigenvalue weighted by Gasteiger charge is -2.26. The molecule has 2 N–H and O–H groups in total. The first kappa shape index (κ1) is 44.6. The third kappa shape index (κ3) is 12.1. The van der Waals surface area contributed by atoms with E-state index in [4.69, 9.17) is 37.9 Å². The monoisotopic (exact) mass is 894 g/mol. The highest BCUT2D eigenvalue weighted by Gasteiger charge is 2.37. The minimum atomic E-state index is -3.82. The number of epoxide rings is 2. The molecule has 18 heteroatoms. The second kappa shape index (κ2) is 20.1. The number of hydrogen-bond donors (Lipinski definition) is 2. The van der Waals surface area contributed by atoms with Crippen molar-refractivity contribution in [2.24, 2.45) is 11.8 Å². The number of allylic oxidation sites excluding steroid dienone is 2. The second-order valence-corrected chi connectivity index (χ2v) is 18.7. The van der Waals surface area contributed by atoms with Crippen LogP contribution in [0.1, 0.15) is 12.8 Å². The molecule has 0 aromatic heterocycles. The molecule has 1 aliphatic carbocycles. The fourth-order valence-corrected chi connectivity index (χ4v) is 8.75. The van der Waals surface area contributed by atoms with Crippen molar-refractivity contribution < 1.29 is 74.5 Å². The van der Waals surface area contributed by atoms with Crippen molar-refractivity contribution in [3.05, 3.63) is 109 Å². The van der Waals surface area contributed by atoms with Crippen LogP contribution in [0, 0.1) is 11.8 Å². The lowest BCUT2D eigenvalue weighted by Crippen LogP contribution is -2.36. The zero-order chi connectivity index (χ0) is 43.7. The molecule has 0 spiro atoms. The van der Waals surface area contributed by atoms with Gasteiger partial charge in [0.15, 0.2) is 0 Å². The SMILES string of the molecule is O=C(OCC(O)COc1ccc(S(=O)(=O)c2ccc(OCC3CO3)cc2)cc1)C1CC=CCC1C(=O)OCC(O)COc1ccc(S(=O)(=O)c2ccc(OCC3CO3)cc2)cc1. The van der Waals surface area contributed by atoms with Crippen LogP contribution in [-0.4, -0.2) is 116 Å². The number of rotatable bonds is 22. The first-order chi connectivity index (χ1) is 29.8. The number of carbonyl (C=O) groups excluding carboxylic acids is 2. The van der Waals surface area contributed by atoms with Gasteiger partial charge in [0, 0.05) is 0 Å². The normalized spacial score (nSPS) is 20.3. The summed E-state index contributed by atoms with van der Waals surface area (Å²) >= 11 is 0. The maximum absolute atomic E-state index is 13.1. The lowest BCUT2D eigenvalue weighted by molar-refractivity contribution is -0.164. The molecule has 6 atom stereocenters. The highest BCUT2D eigenvalue weighted by atomic mass is 32.2. The third-order valence-electron chi connectivity index (χ3n) is 9.97. The number of hydrogen-bond acceptors (Lipinski definition) is 16. The zero-order valence-electron chi connectivity index (χ0n) is 33.4. The molecule has 330 valence electrons. The summed E-state index contributed by atoms with van der Waals surface area (Å²) in [6, 6.07) is 23.5. The highest BCUT2D eigenvalue weighted by molar-refractivity contribution is 7.91. The highest BCUT2D eigenvalue weighted by Crippen LogP contribution is 2.30. The van der Waals surface area contributed by atoms with Crippen molar-refractivity contribution in [1.29, 1.82) is 0 Å². The average molecular weight is 895 g/mol. The smallest absolute Gasteiger partial charge is 0.310 e. The molecule has 0 amide bonds. The molecular weight excluding hydrogens is 849 g/mol. The van der Waals surface area contributed by atoms with Crippen LogP contribution in [0.25, 0.3) is 0 Å². The Hall–Kier alpha value is -5.50. The van der Waals surface area contributed by atoms with Crippen LogP contribution in [0.5, 0.6) is 23.0 Å². The molecule has 0 radical (unpaired) electrons. The maximum Gasteiger partial charge on any atom is 0.310 e. The van der Waals surface area contributed by atoms with Crippen molar-refractivity contribution in [2.75, 3.05) is 52.9 Å². The van der Waals surface area contributed by atoms with Crippen LogP contribution in [0.2, 0.25) is 0 Å². The molecule has 0 saturated carbocycles. The largest absolute Gasteiger partial charge is 0.491 e. The third-order valence-corrected chi connectivity index (χ3v) is 13.5. The van der Waals surface area contributed by atoms with Gasteiger partial charge in [0.25, 0.3) is 0 Å². The number of benzene rings is 4. The van der Waals surface area contributed by atoms with Gasteiger partial charge < -0.3 is 48.1 Å². The van der Waals surface area contributed by atoms with Crippen LogP contribution in [0.4, 0.5) is 0 Å². The van der Waals surface area contributed by atoms with Crippen molar-refractivity contribution in [2.45, 2.75) is 56.8 Å². The molecular formula is C44H46O16S2. The molecule has 62 heavy (non-hydrogen) atoms. The molecule has 4 aromatic rings. The molecule has 2 aliphatic heterocycles. The van der Waals surface area contributed by atoms with Crippen LogP contribution in [-0.2, 0) is 48.2 Å². The van der Waals surface area contributed by atoms with Crippen molar-refractivity contribution in [1.82, 2.24) is 0 Å². The van der Waals surface area contributed by atoms with Crippen LogP contribution >= 0.6 is 0 Å². The van der Waals surface area contributed by atoms with Crippen molar-refractivity contribution in [3.63, 3.8) is 0 Å². The van der Waals surface area contributed by atoms with E-state index in [-0.39, 0.29) is 69.3 Å². The van der Waals surface area contributed by atoms with Gasteiger partial charge in [-0.25, -0.2) is 16.8 Å². The van der Waals surface area contributed by atoms with Crippen molar-refractivity contribution >= 4 is 31.6 Å². The number of carbonyl (C=O) groups is 2. The van der Waals surface area contributed by atoms with Gasteiger partial charge in [0.05, 0.1) is 44.6 Å². The van der Waals surface area contributed by atoms with E-state index in [1.54, 1.807) is 36.4 Å². The number of aliphatic hydroxyl groups excluding tert-OH is 2. The Morgan fingerprint density at radius 3 is 1.08 bits per heavy atom. The van der Waals surface area contributed by atoms with E-state index in [1.165, 1.54) is 72.8 Å². The van der Waals surface area contributed by atoms with E-state index in [0.29, 0.717) is 37.9 Å². The molecule has 0 bridgehead atoms. The molecule has 2 saturated heterocycles. The second-order valence-electron chi connectivity index (χ2n) is 14.8. The first-order valence-electron chi connectivity index (χ1n) is 19.8. The summed E-state index contributed by atoms with van der Waals surface area (Å²) in [5.41, 5.74) is 0. The maximum atomic E-state index is 13.1. The summed E-state index contributed by atoms with van der Waals surface area (Å²) in [7, 11) is -7.63. The number of aliphatic hydroxyl groups is 2. The minimum Gasteiger partial charge on any atom is -0.491 e. The Labute approximate surface area is 358 Å². The van der Waals surface area contributed by atoms with E-state index < -0.39 is 68.9 Å². The molecule has 2 heterocycles. The summed E-state index contributed by atoms with van der Waals surface area (Å²) < 4.78 is 95.7. The first-order valence-corrected chi connectivity index (χ1v) is 22.8. The summed E-state index contributed by atoms with van der Waals surface area (Å²) in [4.78, 5) is 26.4. The Kier molecular flexibility index (Phi) is 14.5. The summed E-state index contributed by atoms with van der Waals surface area (Å²) in [6.07, 6.45) is 1.55. The van der Waals surface area contributed by atoms with Gasteiger partial charge in [-0.05, 0) is 110 Å². The zero-order valence-corrected chi connectivity index (χ0v) is 35.0. The van der Waals surface area contributed by atoms with E-state index in [1.807, 2.05) is 0 Å². The van der Waals surface area contributed by atoms with E-state index >= 15 is 0 Å². The Bertz CT molecular complexity index is 2210. The molecule has 7 rings (SSSR count). The van der Waals surface area contributed by atoms with Gasteiger partial charge in [-0.2, -0.15) is 0 Å². The number of sulfone groups is 2. The van der Waals surface area contributed by atoms with Crippen LogP contribution in [0.3, 0.4) is 0 Å². The van der Waals surface area contributed by atoms with Gasteiger partial charge in [0.2, 0.25) is 19.7 Å². The quantitative estimate of drug-likeness (QED) is 0.0651. The van der Waals surface area contributed by atoms with Gasteiger partial charge in [0.1, 0.15) is 87.1 Å². The number of esters is 2. The summed E-state index contributed by atoms with van der Waals surface area (Å²) in [5, 5.41) is 21.0. The lowest BCUT2D eigenvalue weighted by atomic mass is 9.83. The van der Waals surface area contributed by atoms with Gasteiger partial charge in [-0.3, -0.25) is 9.59 Å². The topological polar surface area (TPSA) is 223 Å². The minimum absolute atomic E-state index is 0.0419. The van der Waals surface area contributed by atoms with Crippen LogP contribution in [0.15, 0.2) is 129 Å². The van der Waals surface area contributed by atoms with E-state index in [2.05, 4.69) is 0 Å². The van der Waals surface area contributed by atoms with E-state index in [9.17, 15) is 36.6 Å². The summed E-state index contributed by atoms with van der Waals surface area (Å²) in [5.74, 6) is -1.61. The van der Waals surface area contributed by atoms with Gasteiger partial charge in [-0.15, -0.1) is 0 Å². The van der Waals surface area contributed by atoms with Crippen molar-refractivity contribution in [3.8, 4) is 23.0 Å². The number of ether oxygens (including phenoxy) is 8. The predicted octanol–water partition coefficient (Wildman–Crippen LogP) is 3.76. The summed E-state index contributed by atoms with van der Waals surface area (Å²) in [6.45, 7) is 0.709. The molecule has 6 unspecified atom stereocenters. The van der Waals surface area contributed by atoms with E-state index in [0.717, 1.165) is 0 Å². The van der Waals surface area contributed by atoms with Gasteiger partial charge >= 0.3 is 11.9 Å². The Morgan fingerprint density at radius 2 is 0.790 bits per heavy atom. The Morgan fingerprint density at radius 1 is 0.500 bits per heavy atom. The molecule has 4 aromatic carbocycles. The van der Waals surface area contributed by atoms with Crippen LogP contribution < -0.4 is 18.9 Å². The standard InChI is InChI=1S/C44H46O16S2/c45-29(21-53-31-5-13-37(14-6-31)61(49,50)39-17-9-33(10-18-39)55-25-35-27-57-35)23-59-43(47)41-3-1-2-4-42(41)44(48)60-24-30(46)22-54-32-7-15-38(16-8-32)62(51,52)40-19-11-34(12-20-40)56-26-36-28-58-36/h1-2,5-20,29-30,35-36,41-42,45-46H,3-4,21-28H2. The fourth-order valence-electron chi connectivity index (χ4n) is 6.23. The molecule has 3 aliphatic rings.